The molecule has 0 aliphatic carbocycles. The van der Waals surface area contributed by atoms with E-state index in [4.69, 9.17) is 11.6 Å². The van der Waals surface area contributed by atoms with Gasteiger partial charge in [0.2, 0.25) is 0 Å². The molecule has 2 nitrogen and oxygen atoms in total. The lowest BCUT2D eigenvalue weighted by Gasteiger charge is -2.09. The Hall–Kier alpha value is -1.42. The fraction of sp³-hybridized carbons (Fsp3) is 0.125. The second kappa shape index (κ2) is 5.92. The molecule has 0 unspecified atom stereocenters. The highest BCUT2D eigenvalue weighted by Crippen LogP contribution is 2.36. The molecule has 4 heteroatoms. The van der Waals surface area contributed by atoms with Gasteiger partial charge < -0.3 is 10.3 Å². The number of fused-ring (bicyclic) bond motifs is 1. The number of rotatable bonds is 4. The van der Waals surface area contributed by atoms with Crippen LogP contribution in [0.2, 0.25) is 5.02 Å². The van der Waals surface area contributed by atoms with Crippen LogP contribution >= 0.6 is 23.4 Å². The average molecular weight is 303 g/mol. The summed E-state index contributed by atoms with van der Waals surface area (Å²) >= 11 is 7.86. The molecular weight excluding hydrogens is 288 g/mol. The Morgan fingerprint density at radius 1 is 1.15 bits per heavy atom. The van der Waals surface area contributed by atoms with Crippen LogP contribution in [0.5, 0.6) is 0 Å². The van der Waals surface area contributed by atoms with Crippen molar-refractivity contribution in [1.29, 1.82) is 0 Å². The highest BCUT2D eigenvalue weighted by Gasteiger charge is 2.08. The second-order valence-electron chi connectivity index (χ2n) is 4.58. The van der Waals surface area contributed by atoms with Gasteiger partial charge in [0.1, 0.15) is 0 Å². The highest BCUT2D eigenvalue weighted by atomic mass is 35.5. The summed E-state index contributed by atoms with van der Waals surface area (Å²) in [6, 6.07) is 14.4. The second-order valence-corrected chi connectivity index (χ2v) is 6.10. The van der Waals surface area contributed by atoms with Crippen LogP contribution < -0.4 is 5.32 Å². The molecule has 0 saturated carbocycles. The topological polar surface area (TPSA) is 27.8 Å². The van der Waals surface area contributed by atoms with Crippen LogP contribution in [-0.4, -0.2) is 12.0 Å². The molecule has 1 heterocycles. The van der Waals surface area contributed by atoms with Gasteiger partial charge in [-0.1, -0.05) is 41.6 Å². The first-order valence-corrected chi connectivity index (χ1v) is 7.64. The van der Waals surface area contributed by atoms with E-state index in [1.807, 2.05) is 25.2 Å². The molecule has 2 aromatic carbocycles. The molecule has 0 fully saturated rings. The first-order chi connectivity index (χ1) is 9.78. The number of hydrogen-bond acceptors (Lipinski definition) is 2. The molecule has 0 atom stereocenters. The van der Waals surface area contributed by atoms with Crippen LogP contribution in [0, 0.1) is 0 Å². The van der Waals surface area contributed by atoms with E-state index < -0.39 is 0 Å². The maximum absolute atomic E-state index is 6.09. The Morgan fingerprint density at radius 2 is 2.00 bits per heavy atom. The van der Waals surface area contributed by atoms with Gasteiger partial charge in [0.05, 0.1) is 0 Å². The van der Waals surface area contributed by atoms with E-state index in [2.05, 4.69) is 40.8 Å². The molecule has 102 valence electrons. The largest absolute Gasteiger partial charge is 0.360 e. The highest BCUT2D eigenvalue weighted by molar-refractivity contribution is 7.99. The molecule has 0 bridgehead atoms. The molecule has 0 aliphatic rings. The van der Waals surface area contributed by atoms with Crippen molar-refractivity contribution in [3.8, 4) is 0 Å². The number of H-pyrrole nitrogens is 1. The summed E-state index contributed by atoms with van der Waals surface area (Å²) in [7, 11) is 1.95. The lowest BCUT2D eigenvalue weighted by molar-refractivity contribution is 0.803. The number of para-hydroxylation sites is 1. The standard InChI is InChI=1S/C16H15ClN2S/c1-18-9-11-8-12(17)6-7-15(11)20-16-10-19-14-5-3-2-4-13(14)16/h2-8,10,18-19H,9H2,1H3. The third kappa shape index (κ3) is 2.70. The van der Waals surface area contributed by atoms with E-state index in [0.29, 0.717) is 0 Å². The fourth-order valence-electron chi connectivity index (χ4n) is 2.22. The number of benzene rings is 2. The van der Waals surface area contributed by atoms with Crippen molar-refractivity contribution in [2.75, 3.05) is 7.05 Å². The Labute approximate surface area is 127 Å². The van der Waals surface area contributed by atoms with Gasteiger partial charge in [0, 0.05) is 38.5 Å². The van der Waals surface area contributed by atoms with Gasteiger partial charge in [-0.05, 0) is 36.9 Å². The van der Waals surface area contributed by atoms with E-state index in [-0.39, 0.29) is 0 Å². The molecule has 20 heavy (non-hydrogen) atoms. The van der Waals surface area contributed by atoms with Gasteiger partial charge in [-0.3, -0.25) is 0 Å². The fourth-order valence-corrected chi connectivity index (χ4v) is 3.46. The van der Waals surface area contributed by atoms with Crippen molar-refractivity contribution in [2.24, 2.45) is 0 Å². The number of aromatic amines is 1. The van der Waals surface area contributed by atoms with E-state index in [1.165, 1.54) is 26.3 Å². The van der Waals surface area contributed by atoms with Gasteiger partial charge in [0.15, 0.2) is 0 Å². The predicted octanol–water partition coefficient (Wildman–Crippen LogP) is 4.69. The Morgan fingerprint density at radius 3 is 2.85 bits per heavy atom. The number of hydrogen-bond donors (Lipinski definition) is 2. The van der Waals surface area contributed by atoms with E-state index in [9.17, 15) is 0 Å². The number of aromatic nitrogens is 1. The van der Waals surface area contributed by atoms with Gasteiger partial charge >= 0.3 is 0 Å². The third-order valence-electron chi connectivity index (χ3n) is 3.16. The van der Waals surface area contributed by atoms with Gasteiger partial charge in [0.25, 0.3) is 0 Å². The zero-order valence-corrected chi connectivity index (χ0v) is 12.7. The van der Waals surface area contributed by atoms with Crippen LogP contribution in [0.4, 0.5) is 0 Å². The number of halogens is 1. The van der Waals surface area contributed by atoms with E-state index in [0.717, 1.165) is 11.6 Å². The SMILES string of the molecule is CNCc1cc(Cl)ccc1Sc1c[nH]c2ccccc12. The first kappa shape index (κ1) is 13.6. The Kier molecular flexibility index (Phi) is 4.01. The molecule has 0 amide bonds. The average Bonchev–Trinajstić information content (AvgIpc) is 2.86. The summed E-state index contributed by atoms with van der Waals surface area (Å²) in [6.45, 7) is 0.811. The number of nitrogens with one attached hydrogen (secondary N) is 2. The molecule has 0 saturated heterocycles. The summed E-state index contributed by atoms with van der Waals surface area (Å²) < 4.78 is 0. The van der Waals surface area contributed by atoms with Gasteiger partial charge in [-0.2, -0.15) is 0 Å². The van der Waals surface area contributed by atoms with Gasteiger partial charge in [-0.25, -0.2) is 0 Å². The first-order valence-electron chi connectivity index (χ1n) is 6.45. The summed E-state index contributed by atoms with van der Waals surface area (Å²) in [5.41, 5.74) is 2.38. The van der Waals surface area contributed by atoms with Crippen LogP contribution in [0.15, 0.2) is 58.5 Å². The van der Waals surface area contributed by atoms with Crippen LogP contribution in [0.25, 0.3) is 10.9 Å². The lowest BCUT2D eigenvalue weighted by Crippen LogP contribution is -2.06. The Balaban J connectivity index is 1.98. The van der Waals surface area contributed by atoms with Crippen molar-refractivity contribution >= 4 is 34.3 Å². The monoisotopic (exact) mass is 302 g/mol. The Bertz CT molecular complexity index is 736. The molecule has 2 N–H and O–H groups in total. The van der Waals surface area contributed by atoms with Crippen molar-refractivity contribution in [3.05, 3.63) is 59.2 Å². The van der Waals surface area contributed by atoms with Gasteiger partial charge in [-0.15, -0.1) is 0 Å². The smallest absolute Gasteiger partial charge is 0.0465 e. The van der Waals surface area contributed by atoms with Crippen LogP contribution in [0.3, 0.4) is 0 Å². The van der Waals surface area contributed by atoms with Crippen molar-refractivity contribution in [1.82, 2.24) is 10.3 Å². The zero-order chi connectivity index (χ0) is 13.9. The molecule has 3 aromatic rings. The maximum Gasteiger partial charge on any atom is 0.0465 e. The summed E-state index contributed by atoms with van der Waals surface area (Å²) in [4.78, 5) is 5.78. The third-order valence-corrected chi connectivity index (χ3v) is 4.57. The van der Waals surface area contributed by atoms with Crippen molar-refractivity contribution in [3.63, 3.8) is 0 Å². The molecule has 3 rings (SSSR count). The minimum Gasteiger partial charge on any atom is -0.360 e. The minimum atomic E-state index is 0.776. The van der Waals surface area contributed by atoms with E-state index in [1.54, 1.807) is 11.8 Å². The molecule has 0 spiro atoms. The summed E-state index contributed by atoms with van der Waals surface area (Å²) in [5, 5.41) is 5.22. The van der Waals surface area contributed by atoms with E-state index >= 15 is 0 Å². The molecular formula is C16H15ClN2S. The zero-order valence-electron chi connectivity index (χ0n) is 11.1. The quantitative estimate of drug-likeness (QED) is 0.731. The molecule has 1 aromatic heterocycles. The van der Waals surface area contributed by atoms with Crippen LogP contribution in [0.1, 0.15) is 5.56 Å². The molecule has 0 aliphatic heterocycles. The van der Waals surface area contributed by atoms with Crippen molar-refractivity contribution < 1.29 is 0 Å². The summed E-state index contributed by atoms with van der Waals surface area (Å²) in [5.74, 6) is 0. The maximum atomic E-state index is 6.09. The van der Waals surface area contributed by atoms with Crippen molar-refractivity contribution in [2.45, 2.75) is 16.3 Å². The normalized spacial score (nSPS) is 11.1. The molecule has 0 radical (unpaired) electrons. The van der Waals surface area contributed by atoms with Crippen LogP contribution in [-0.2, 0) is 6.54 Å². The summed E-state index contributed by atoms with van der Waals surface area (Å²) in [6.07, 6.45) is 2.06. The lowest BCUT2D eigenvalue weighted by atomic mass is 10.2. The predicted molar refractivity (Wildman–Crippen MR) is 86.6 cm³/mol. The minimum absolute atomic E-state index is 0.776.